The first-order valence-electron chi connectivity index (χ1n) is 5.86. The highest BCUT2D eigenvalue weighted by molar-refractivity contribution is 5.67. The molecule has 0 fully saturated rings. The lowest BCUT2D eigenvalue weighted by Gasteiger charge is -2.10. The molecule has 0 radical (unpaired) electrons. The maximum Gasteiger partial charge on any atom is 0.331 e. The Hall–Kier alpha value is -2.37. The molecule has 19 heavy (non-hydrogen) atoms. The van der Waals surface area contributed by atoms with Gasteiger partial charge in [-0.15, -0.1) is 0 Å². The van der Waals surface area contributed by atoms with E-state index in [1.54, 1.807) is 0 Å². The van der Waals surface area contributed by atoms with Crippen molar-refractivity contribution in [2.75, 3.05) is 0 Å². The van der Waals surface area contributed by atoms with Gasteiger partial charge in [0.25, 0.3) is 5.56 Å². The summed E-state index contributed by atoms with van der Waals surface area (Å²) in [7, 11) is 0. The molecule has 0 unspecified atom stereocenters. The van der Waals surface area contributed by atoms with E-state index in [0.29, 0.717) is 6.42 Å². The Labute approximate surface area is 108 Å². The quantitative estimate of drug-likeness (QED) is 0.881. The van der Waals surface area contributed by atoms with Crippen LogP contribution in [-0.4, -0.2) is 14.7 Å². The van der Waals surface area contributed by atoms with Crippen molar-refractivity contribution in [2.24, 2.45) is 0 Å². The first-order valence-corrected chi connectivity index (χ1v) is 5.86. The van der Waals surface area contributed by atoms with Crippen LogP contribution in [0.3, 0.4) is 0 Å². The largest absolute Gasteiger partial charge is 0.494 e. The summed E-state index contributed by atoms with van der Waals surface area (Å²) in [5.74, 6) is -0.967. The Balaban J connectivity index is 2.73. The Morgan fingerprint density at radius 1 is 1.37 bits per heavy atom. The van der Waals surface area contributed by atoms with Crippen LogP contribution in [0.2, 0.25) is 0 Å². The molecular formula is C13H13FN2O3. The van der Waals surface area contributed by atoms with Crippen LogP contribution in [0, 0.1) is 5.82 Å². The van der Waals surface area contributed by atoms with Crippen molar-refractivity contribution in [3.05, 3.63) is 50.9 Å². The molecule has 0 spiro atoms. The second-order valence-electron chi connectivity index (χ2n) is 4.12. The van der Waals surface area contributed by atoms with Gasteiger partial charge in [0, 0.05) is 6.54 Å². The number of halogens is 1. The maximum absolute atomic E-state index is 13.2. The molecule has 2 rings (SSSR count). The Bertz CT molecular complexity index is 719. The minimum atomic E-state index is -0.736. The molecule has 0 aliphatic carbocycles. The van der Waals surface area contributed by atoms with Gasteiger partial charge < -0.3 is 5.11 Å². The van der Waals surface area contributed by atoms with E-state index >= 15 is 0 Å². The molecule has 5 nitrogen and oxygen atoms in total. The Kier molecular flexibility index (Phi) is 3.50. The van der Waals surface area contributed by atoms with E-state index in [0.717, 1.165) is 10.6 Å². The number of hydrogen-bond donors (Lipinski definition) is 2. The van der Waals surface area contributed by atoms with E-state index in [1.807, 2.05) is 6.92 Å². The van der Waals surface area contributed by atoms with Crippen LogP contribution in [0.4, 0.5) is 4.39 Å². The van der Waals surface area contributed by atoms with Crippen molar-refractivity contribution in [3.63, 3.8) is 0 Å². The molecule has 1 aromatic carbocycles. The molecule has 0 saturated heterocycles. The van der Waals surface area contributed by atoms with Gasteiger partial charge in [-0.1, -0.05) is 19.1 Å². The van der Waals surface area contributed by atoms with E-state index in [-0.39, 0.29) is 17.7 Å². The number of benzene rings is 1. The highest BCUT2D eigenvalue weighted by atomic mass is 19.1. The van der Waals surface area contributed by atoms with Gasteiger partial charge in [-0.25, -0.2) is 9.18 Å². The van der Waals surface area contributed by atoms with Crippen LogP contribution < -0.4 is 11.2 Å². The van der Waals surface area contributed by atoms with Gasteiger partial charge in [0.05, 0.1) is 0 Å². The van der Waals surface area contributed by atoms with E-state index in [2.05, 4.69) is 4.98 Å². The smallest absolute Gasteiger partial charge is 0.331 e. The standard InChI is InChI=1S/C13H13FN2O3/c1-2-6-16-12(18)10(11(17)15-13(16)19)8-4-3-5-9(14)7-8/h3-5,7,18H,2,6H2,1H3,(H,15,17,19). The van der Waals surface area contributed by atoms with Crippen LogP contribution in [0.1, 0.15) is 13.3 Å². The summed E-state index contributed by atoms with van der Waals surface area (Å²) in [5.41, 5.74) is -1.29. The third-order valence-corrected chi connectivity index (χ3v) is 2.73. The van der Waals surface area contributed by atoms with Crippen LogP contribution in [0.5, 0.6) is 5.88 Å². The predicted molar refractivity (Wildman–Crippen MR) is 68.7 cm³/mol. The molecule has 1 heterocycles. The number of nitrogens with zero attached hydrogens (tertiary/aromatic N) is 1. The van der Waals surface area contributed by atoms with Crippen molar-refractivity contribution in [3.8, 4) is 17.0 Å². The molecule has 0 amide bonds. The minimum Gasteiger partial charge on any atom is -0.494 e. The summed E-state index contributed by atoms with van der Waals surface area (Å²) >= 11 is 0. The molecule has 0 atom stereocenters. The van der Waals surface area contributed by atoms with Gasteiger partial charge in [0.1, 0.15) is 11.4 Å². The van der Waals surface area contributed by atoms with E-state index in [9.17, 15) is 19.1 Å². The molecule has 0 bridgehead atoms. The molecule has 2 N–H and O–H groups in total. The molecule has 0 aliphatic heterocycles. The first kappa shape index (κ1) is 13.1. The fraction of sp³-hybridized carbons (Fsp3) is 0.231. The van der Waals surface area contributed by atoms with Gasteiger partial charge in [0.15, 0.2) is 0 Å². The fourth-order valence-corrected chi connectivity index (χ4v) is 1.90. The van der Waals surface area contributed by atoms with Crippen molar-refractivity contribution in [2.45, 2.75) is 19.9 Å². The maximum atomic E-state index is 13.2. The monoisotopic (exact) mass is 264 g/mol. The molecule has 6 heteroatoms. The average Bonchev–Trinajstić information content (AvgIpc) is 2.34. The SMILES string of the molecule is CCCn1c(O)c(-c2cccc(F)c2)c(=O)[nH]c1=O. The van der Waals surface area contributed by atoms with Gasteiger partial charge in [0.2, 0.25) is 5.88 Å². The Morgan fingerprint density at radius 3 is 2.74 bits per heavy atom. The molecular weight excluding hydrogens is 251 g/mol. The number of hydrogen-bond acceptors (Lipinski definition) is 3. The molecule has 0 saturated carbocycles. The minimum absolute atomic E-state index is 0.104. The van der Waals surface area contributed by atoms with E-state index in [1.165, 1.54) is 18.2 Å². The first-order chi connectivity index (χ1) is 9.04. The van der Waals surface area contributed by atoms with E-state index in [4.69, 9.17) is 0 Å². The van der Waals surface area contributed by atoms with Crippen LogP contribution in [0.25, 0.3) is 11.1 Å². The zero-order valence-corrected chi connectivity index (χ0v) is 10.3. The van der Waals surface area contributed by atoms with Crippen molar-refractivity contribution in [1.82, 2.24) is 9.55 Å². The number of rotatable bonds is 3. The van der Waals surface area contributed by atoms with Crippen molar-refractivity contribution < 1.29 is 9.50 Å². The zero-order valence-electron chi connectivity index (χ0n) is 10.3. The molecule has 100 valence electrons. The predicted octanol–water partition coefficient (Wildman–Crippen LogP) is 1.46. The summed E-state index contributed by atoms with van der Waals surface area (Å²) in [5, 5.41) is 10.0. The van der Waals surface area contributed by atoms with Gasteiger partial charge in [-0.2, -0.15) is 0 Å². The second-order valence-corrected chi connectivity index (χ2v) is 4.12. The lowest BCUT2D eigenvalue weighted by atomic mass is 10.1. The highest BCUT2D eigenvalue weighted by Crippen LogP contribution is 2.24. The molecule has 2 aromatic rings. The van der Waals surface area contributed by atoms with Crippen LogP contribution in [0.15, 0.2) is 33.9 Å². The van der Waals surface area contributed by atoms with E-state index < -0.39 is 22.9 Å². The van der Waals surface area contributed by atoms with Crippen LogP contribution >= 0.6 is 0 Å². The summed E-state index contributed by atoms with van der Waals surface area (Å²) in [6, 6.07) is 5.29. The van der Waals surface area contributed by atoms with Gasteiger partial charge in [-0.05, 0) is 24.1 Å². The average molecular weight is 264 g/mol. The fourth-order valence-electron chi connectivity index (χ4n) is 1.90. The second kappa shape index (κ2) is 5.09. The zero-order chi connectivity index (χ0) is 14.0. The third-order valence-electron chi connectivity index (χ3n) is 2.73. The van der Waals surface area contributed by atoms with Crippen LogP contribution in [-0.2, 0) is 6.54 Å². The topological polar surface area (TPSA) is 75.1 Å². The van der Waals surface area contributed by atoms with Crippen molar-refractivity contribution >= 4 is 0 Å². The normalized spacial score (nSPS) is 10.6. The summed E-state index contributed by atoms with van der Waals surface area (Å²) in [6.07, 6.45) is 0.613. The number of aromatic hydroxyl groups is 1. The molecule has 1 aromatic heterocycles. The lowest BCUT2D eigenvalue weighted by Crippen LogP contribution is -2.30. The highest BCUT2D eigenvalue weighted by Gasteiger charge is 2.15. The summed E-state index contributed by atoms with van der Waals surface area (Å²) < 4.78 is 14.2. The number of nitrogens with one attached hydrogen (secondary N) is 1. The third kappa shape index (κ3) is 2.42. The lowest BCUT2D eigenvalue weighted by molar-refractivity contribution is 0.401. The number of aromatic amines is 1. The Morgan fingerprint density at radius 2 is 2.11 bits per heavy atom. The van der Waals surface area contributed by atoms with Crippen molar-refractivity contribution in [1.29, 1.82) is 0 Å². The number of aromatic nitrogens is 2. The summed E-state index contributed by atoms with van der Waals surface area (Å²) in [6.45, 7) is 2.10. The van der Waals surface area contributed by atoms with Gasteiger partial charge >= 0.3 is 5.69 Å². The van der Waals surface area contributed by atoms with Gasteiger partial charge in [-0.3, -0.25) is 14.3 Å². The number of H-pyrrole nitrogens is 1. The molecule has 0 aliphatic rings. The summed E-state index contributed by atoms with van der Waals surface area (Å²) in [4.78, 5) is 25.5.